The number of nitrogens with one attached hydrogen (secondary N) is 2. The Kier molecular flexibility index (Phi) is 4.35. The number of nitrogens with zero attached hydrogens (tertiary/aromatic N) is 2. The summed E-state index contributed by atoms with van der Waals surface area (Å²) in [6.07, 6.45) is 0. The molecule has 1 aromatic rings. The number of imide groups is 1. The molecule has 102 valence electrons. The summed E-state index contributed by atoms with van der Waals surface area (Å²) in [5.74, 6) is -2.11. The van der Waals surface area contributed by atoms with Crippen molar-refractivity contribution in [3.05, 3.63) is 28.2 Å². The zero-order valence-corrected chi connectivity index (χ0v) is 10.2. The van der Waals surface area contributed by atoms with Crippen molar-refractivity contribution in [2.45, 2.75) is 13.0 Å². The first kappa shape index (κ1) is 14.4. The van der Waals surface area contributed by atoms with Gasteiger partial charge in [-0.05, 0) is 13.0 Å². The van der Waals surface area contributed by atoms with Crippen LogP contribution in [0.1, 0.15) is 23.5 Å². The Morgan fingerprint density at radius 1 is 1.37 bits per heavy atom. The molecule has 0 radical (unpaired) electrons. The standard InChI is InChI=1S/C10H12N4O5/c1-5(8(16)12-10(19)11-2)14-7(15)4-3-6(13-14)9(17)18/h3-5H,1-2H3,(H,17,18)(H2,11,12,16,19). The van der Waals surface area contributed by atoms with Gasteiger partial charge < -0.3 is 10.4 Å². The van der Waals surface area contributed by atoms with Gasteiger partial charge in [0.05, 0.1) is 0 Å². The van der Waals surface area contributed by atoms with Gasteiger partial charge >= 0.3 is 12.0 Å². The van der Waals surface area contributed by atoms with Crippen LogP contribution in [0.15, 0.2) is 16.9 Å². The van der Waals surface area contributed by atoms with Crippen molar-refractivity contribution in [3.8, 4) is 0 Å². The number of carboxylic acid groups (broad SMARTS) is 1. The van der Waals surface area contributed by atoms with Crippen LogP contribution in [0.3, 0.4) is 0 Å². The Balaban J connectivity index is 3.05. The van der Waals surface area contributed by atoms with Gasteiger partial charge in [-0.15, -0.1) is 0 Å². The zero-order chi connectivity index (χ0) is 14.6. The SMILES string of the molecule is CNC(=O)NC(=O)C(C)n1nc(C(=O)O)ccc1=O. The lowest BCUT2D eigenvalue weighted by Gasteiger charge is -2.13. The van der Waals surface area contributed by atoms with Crippen molar-refractivity contribution in [1.29, 1.82) is 0 Å². The highest BCUT2D eigenvalue weighted by Crippen LogP contribution is 2.01. The molecule has 3 N–H and O–H groups in total. The van der Waals surface area contributed by atoms with E-state index in [1.165, 1.54) is 14.0 Å². The van der Waals surface area contributed by atoms with E-state index in [4.69, 9.17) is 5.11 Å². The summed E-state index contributed by atoms with van der Waals surface area (Å²) < 4.78 is 0.696. The summed E-state index contributed by atoms with van der Waals surface area (Å²) >= 11 is 0. The quantitative estimate of drug-likeness (QED) is 0.641. The molecule has 3 amide bonds. The van der Waals surface area contributed by atoms with Gasteiger partial charge in [0.25, 0.3) is 11.5 Å². The number of carbonyl (C=O) groups excluding carboxylic acids is 2. The zero-order valence-electron chi connectivity index (χ0n) is 10.2. The minimum Gasteiger partial charge on any atom is -0.476 e. The molecule has 0 aromatic carbocycles. The van der Waals surface area contributed by atoms with Gasteiger partial charge in [-0.2, -0.15) is 5.10 Å². The average molecular weight is 268 g/mol. The molecule has 0 spiro atoms. The summed E-state index contributed by atoms with van der Waals surface area (Å²) in [4.78, 5) is 44.9. The molecule has 9 heteroatoms. The molecule has 0 saturated carbocycles. The van der Waals surface area contributed by atoms with Crippen LogP contribution in [0.5, 0.6) is 0 Å². The van der Waals surface area contributed by atoms with Crippen LogP contribution in [-0.4, -0.2) is 39.8 Å². The Labute approximate surface area is 107 Å². The van der Waals surface area contributed by atoms with E-state index in [2.05, 4.69) is 10.4 Å². The van der Waals surface area contributed by atoms with E-state index < -0.39 is 29.5 Å². The van der Waals surface area contributed by atoms with E-state index in [0.717, 1.165) is 12.1 Å². The lowest BCUT2D eigenvalue weighted by Crippen LogP contribution is -2.43. The summed E-state index contributed by atoms with van der Waals surface area (Å²) in [6.45, 7) is 1.32. The third kappa shape index (κ3) is 3.37. The van der Waals surface area contributed by atoms with Crippen LogP contribution in [0.4, 0.5) is 4.79 Å². The number of urea groups is 1. The fourth-order valence-corrected chi connectivity index (χ4v) is 1.21. The molecule has 0 aliphatic heterocycles. The largest absolute Gasteiger partial charge is 0.476 e. The predicted molar refractivity (Wildman–Crippen MR) is 62.8 cm³/mol. The number of amides is 3. The van der Waals surface area contributed by atoms with Gasteiger partial charge in [0.1, 0.15) is 6.04 Å². The lowest BCUT2D eigenvalue weighted by atomic mass is 10.3. The van der Waals surface area contributed by atoms with E-state index >= 15 is 0 Å². The van der Waals surface area contributed by atoms with Crippen LogP contribution in [-0.2, 0) is 4.79 Å². The first-order valence-electron chi connectivity index (χ1n) is 5.22. The van der Waals surface area contributed by atoms with Crippen LogP contribution < -0.4 is 16.2 Å². The number of aromatic nitrogens is 2. The van der Waals surface area contributed by atoms with Crippen molar-refractivity contribution in [3.63, 3.8) is 0 Å². The first-order chi connectivity index (χ1) is 8.86. The minimum atomic E-state index is -1.33. The van der Waals surface area contributed by atoms with E-state index in [9.17, 15) is 19.2 Å². The van der Waals surface area contributed by atoms with Crippen molar-refractivity contribution in [2.75, 3.05) is 7.05 Å². The molecule has 0 aliphatic carbocycles. The van der Waals surface area contributed by atoms with Gasteiger partial charge in [-0.1, -0.05) is 0 Å². The van der Waals surface area contributed by atoms with E-state index in [0.29, 0.717) is 4.68 Å². The van der Waals surface area contributed by atoms with Gasteiger partial charge in [0.15, 0.2) is 5.69 Å². The second kappa shape index (κ2) is 5.76. The summed E-state index contributed by atoms with van der Waals surface area (Å²) in [7, 11) is 1.32. The van der Waals surface area contributed by atoms with Crippen molar-refractivity contribution >= 4 is 17.9 Å². The number of hydrogen-bond acceptors (Lipinski definition) is 5. The molecule has 1 atom stereocenters. The number of carboxylic acids is 1. The number of aromatic carboxylic acids is 1. The molecule has 1 aromatic heterocycles. The Hall–Kier alpha value is -2.71. The lowest BCUT2D eigenvalue weighted by molar-refractivity contribution is -0.123. The van der Waals surface area contributed by atoms with Crippen molar-refractivity contribution in [2.24, 2.45) is 0 Å². The normalized spacial score (nSPS) is 11.5. The Bertz CT molecular complexity index is 580. The topological polar surface area (TPSA) is 130 Å². The average Bonchev–Trinajstić information content (AvgIpc) is 2.37. The van der Waals surface area contributed by atoms with Crippen LogP contribution in [0, 0.1) is 0 Å². The maximum Gasteiger partial charge on any atom is 0.356 e. The highest BCUT2D eigenvalue weighted by molar-refractivity contribution is 5.95. The molecule has 0 saturated heterocycles. The van der Waals surface area contributed by atoms with Gasteiger partial charge in [0.2, 0.25) is 0 Å². The third-order valence-corrected chi connectivity index (χ3v) is 2.25. The van der Waals surface area contributed by atoms with Crippen LogP contribution in [0.2, 0.25) is 0 Å². The molecular weight excluding hydrogens is 256 g/mol. The fraction of sp³-hybridized carbons (Fsp3) is 0.300. The van der Waals surface area contributed by atoms with Gasteiger partial charge in [0, 0.05) is 13.1 Å². The van der Waals surface area contributed by atoms with Crippen LogP contribution in [0.25, 0.3) is 0 Å². The second-order valence-corrected chi connectivity index (χ2v) is 3.55. The van der Waals surface area contributed by atoms with Gasteiger partial charge in [-0.3, -0.25) is 14.9 Å². The Morgan fingerprint density at radius 2 is 2.00 bits per heavy atom. The second-order valence-electron chi connectivity index (χ2n) is 3.55. The van der Waals surface area contributed by atoms with E-state index in [1.807, 2.05) is 5.32 Å². The number of hydrogen-bond donors (Lipinski definition) is 3. The summed E-state index contributed by atoms with van der Waals surface area (Å²) in [5.41, 5.74) is -1.02. The third-order valence-electron chi connectivity index (χ3n) is 2.25. The minimum absolute atomic E-state index is 0.376. The predicted octanol–water partition coefficient (Wildman–Crippen LogP) is -1.04. The molecule has 0 fully saturated rings. The molecule has 9 nitrogen and oxygen atoms in total. The molecule has 1 unspecified atom stereocenters. The fourth-order valence-electron chi connectivity index (χ4n) is 1.21. The maximum absolute atomic E-state index is 11.6. The summed E-state index contributed by atoms with van der Waals surface area (Å²) in [6, 6.07) is 0.161. The highest BCUT2D eigenvalue weighted by Gasteiger charge is 2.20. The van der Waals surface area contributed by atoms with Gasteiger partial charge in [-0.25, -0.2) is 14.3 Å². The van der Waals surface area contributed by atoms with Crippen molar-refractivity contribution < 1.29 is 19.5 Å². The number of carbonyl (C=O) groups is 3. The molecule has 0 aliphatic rings. The molecule has 19 heavy (non-hydrogen) atoms. The van der Waals surface area contributed by atoms with E-state index in [1.54, 1.807) is 0 Å². The first-order valence-corrected chi connectivity index (χ1v) is 5.22. The highest BCUT2D eigenvalue weighted by atomic mass is 16.4. The Morgan fingerprint density at radius 3 is 2.53 bits per heavy atom. The van der Waals surface area contributed by atoms with Crippen molar-refractivity contribution in [1.82, 2.24) is 20.4 Å². The summed E-state index contributed by atoms with van der Waals surface area (Å²) in [5, 5.41) is 16.4. The maximum atomic E-state index is 11.6. The molecule has 1 rings (SSSR count). The van der Waals surface area contributed by atoms with Crippen LogP contribution >= 0.6 is 0 Å². The number of rotatable bonds is 3. The smallest absolute Gasteiger partial charge is 0.356 e. The molecule has 0 bridgehead atoms. The molecule has 1 heterocycles. The molecular formula is C10H12N4O5. The van der Waals surface area contributed by atoms with E-state index in [-0.39, 0.29) is 5.69 Å². The monoisotopic (exact) mass is 268 g/mol.